The van der Waals surface area contributed by atoms with Gasteiger partial charge in [0.2, 0.25) is 0 Å². The van der Waals surface area contributed by atoms with Gasteiger partial charge < -0.3 is 5.32 Å². The molecule has 1 aromatic heterocycles. The zero-order valence-electron chi connectivity index (χ0n) is 17.7. The number of hydrogen-bond donors (Lipinski definition) is 1. The Morgan fingerprint density at radius 3 is 2.36 bits per heavy atom. The molecule has 0 saturated heterocycles. The van der Waals surface area contributed by atoms with Gasteiger partial charge in [0.25, 0.3) is 5.91 Å². The molecule has 5 rings (SSSR count). The number of aryl methyl sites for hydroxylation is 1. The summed E-state index contributed by atoms with van der Waals surface area (Å²) in [5.41, 5.74) is 4.55. The van der Waals surface area contributed by atoms with E-state index in [-0.39, 0.29) is 11.6 Å². The molecule has 4 nitrogen and oxygen atoms in total. The third kappa shape index (κ3) is 4.36. The molecule has 4 aromatic carbocycles. The number of aromatic nitrogens is 2. The summed E-state index contributed by atoms with van der Waals surface area (Å²) in [6.45, 7) is 2.03. The zero-order valence-corrected chi connectivity index (χ0v) is 19.2. The first-order chi connectivity index (χ1) is 16.0. The highest BCUT2D eigenvalue weighted by molar-refractivity contribution is 6.36. The molecule has 0 spiro atoms. The van der Waals surface area contributed by atoms with E-state index in [0.29, 0.717) is 15.7 Å². The summed E-state index contributed by atoms with van der Waals surface area (Å²) in [5, 5.41) is 10.6. The van der Waals surface area contributed by atoms with Crippen LogP contribution in [0.3, 0.4) is 0 Å². The molecule has 162 valence electrons. The van der Waals surface area contributed by atoms with Gasteiger partial charge in [-0.15, -0.1) is 0 Å². The van der Waals surface area contributed by atoms with E-state index in [1.54, 1.807) is 28.9 Å². The van der Waals surface area contributed by atoms with Crippen molar-refractivity contribution < 1.29 is 4.79 Å². The number of benzene rings is 4. The van der Waals surface area contributed by atoms with Gasteiger partial charge in [-0.05, 0) is 60.2 Å². The molecule has 0 unspecified atom stereocenters. The van der Waals surface area contributed by atoms with E-state index in [4.69, 9.17) is 23.2 Å². The predicted octanol–water partition coefficient (Wildman–Crippen LogP) is 7.56. The minimum atomic E-state index is -0.355. The van der Waals surface area contributed by atoms with Crippen LogP contribution in [-0.4, -0.2) is 15.7 Å². The summed E-state index contributed by atoms with van der Waals surface area (Å²) in [5.74, 6) is -0.355. The number of carbonyl (C=O) groups is 1. The second kappa shape index (κ2) is 8.74. The van der Waals surface area contributed by atoms with Gasteiger partial charge in [0.1, 0.15) is 0 Å². The first kappa shape index (κ1) is 21.3. The molecule has 0 aliphatic heterocycles. The van der Waals surface area contributed by atoms with Crippen molar-refractivity contribution in [1.29, 1.82) is 0 Å². The van der Waals surface area contributed by atoms with Crippen LogP contribution in [0.25, 0.3) is 27.7 Å². The van der Waals surface area contributed by atoms with E-state index in [0.717, 1.165) is 33.3 Å². The maximum Gasteiger partial charge on any atom is 0.276 e. The minimum Gasteiger partial charge on any atom is -0.319 e. The Morgan fingerprint density at radius 1 is 0.848 bits per heavy atom. The third-order valence-electron chi connectivity index (χ3n) is 5.45. The fraction of sp³-hybridized carbons (Fsp3) is 0.0370. The molecule has 0 saturated carbocycles. The number of amides is 1. The summed E-state index contributed by atoms with van der Waals surface area (Å²) in [6.07, 6.45) is 0. The first-order valence-electron chi connectivity index (χ1n) is 10.4. The number of nitrogens with zero attached hydrogens (tertiary/aromatic N) is 2. The molecule has 0 radical (unpaired) electrons. The van der Waals surface area contributed by atoms with E-state index in [1.165, 1.54) is 0 Å². The lowest BCUT2D eigenvalue weighted by Gasteiger charge is -2.09. The zero-order chi connectivity index (χ0) is 22.9. The SMILES string of the molecule is Cc1ccc(-n2nc(C(=O)Nc3ccc(Cl)cc3Cl)cc2-c2ccc3ccccc3c2)cc1. The normalized spacial score (nSPS) is 11.0. The average Bonchev–Trinajstić information content (AvgIpc) is 3.27. The highest BCUT2D eigenvalue weighted by Crippen LogP contribution is 2.29. The lowest BCUT2D eigenvalue weighted by molar-refractivity contribution is 0.102. The Hall–Kier alpha value is -3.60. The largest absolute Gasteiger partial charge is 0.319 e. The van der Waals surface area contributed by atoms with Gasteiger partial charge >= 0.3 is 0 Å². The number of hydrogen-bond acceptors (Lipinski definition) is 2. The first-order valence-corrected chi connectivity index (χ1v) is 11.2. The maximum absolute atomic E-state index is 13.1. The van der Waals surface area contributed by atoms with Crippen LogP contribution in [0.1, 0.15) is 16.1 Å². The van der Waals surface area contributed by atoms with Crippen molar-refractivity contribution in [2.24, 2.45) is 0 Å². The van der Waals surface area contributed by atoms with Gasteiger partial charge in [-0.3, -0.25) is 4.79 Å². The Kier molecular flexibility index (Phi) is 5.63. The number of anilines is 1. The molecule has 0 bridgehead atoms. The fourth-order valence-electron chi connectivity index (χ4n) is 3.71. The van der Waals surface area contributed by atoms with Gasteiger partial charge in [-0.25, -0.2) is 4.68 Å². The van der Waals surface area contributed by atoms with Gasteiger partial charge in [-0.2, -0.15) is 5.10 Å². The van der Waals surface area contributed by atoms with Gasteiger partial charge in [0.15, 0.2) is 5.69 Å². The van der Waals surface area contributed by atoms with Gasteiger partial charge in [-0.1, -0.05) is 77.3 Å². The molecule has 0 fully saturated rings. The number of nitrogens with one attached hydrogen (secondary N) is 1. The van der Waals surface area contributed by atoms with Gasteiger partial charge in [0, 0.05) is 10.6 Å². The molecular weight excluding hydrogens is 453 g/mol. The Morgan fingerprint density at radius 2 is 1.61 bits per heavy atom. The number of fused-ring (bicyclic) bond motifs is 1. The summed E-state index contributed by atoms with van der Waals surface area (Å²) < 4.78 is 1.79. The van der Waals surface area contributed by atoms with Crippen LogP contribution in [-0.2, 0) is 0 Å². The Bertz CT molecular complexity index is 1490. The minimum absolute atomic E-state index is 0.282. The van der Waals surface area contributed by atoms with E-state index >= 15 is 0 Å². The number of halogens is 2. The summed E-state index contributed by atoms with van der Waals surface area (Å²) in [4.78, 5) is 13.1. The third-order valence-corrected chi connectivity index (χ3v) is 5.99. The van der Waals surface area contributed by atoms with Crippen LogP contribution < -0.4 is 5.32 Å². The molecule has 6 heteroatoms. The molecule has 1 N–H and O–H groups in total. The standard InChI is InChI=1S/C27H19Cl2N3O/c1-17-6-11-22(12-7-17)32-26(20-9-8-18-4-2-3-5-19(18)14-20)16-25(31-32)27(33)30-24-13-10-21(28)15-23(24)29/h2-16H,1H3,(H,30,33). The second-order valence-electron chi connectivity index (χ2n) is 7.80. The van der Waals surface area contributed by atoms with Crippen molar-refractivity contribution in [2.45, 2.75) is 6.92 Å². The van der Waals surface area contributed by atoms with Gasteiger partial charge in [0.05, 0.1) is 22.1 Å². The van der Waals surface area contributed by atoms with Crippen LogP contribution in [0.2, 0.25) is 10.0 Å². The smallest absolute Gasteiger partial charge is 0.276 e. The molecule has 1 amide bonds. The van der Waals surface area contributed by atoms with Crippen LogP contribution in [0, 0.1) is 6.92 Å². The molecular formula is C27H19Cl2N3O. The van der Waals surface area contributed by atoms with E-state index < -0.39 is 0 Å². The summed E-state index contributed by atoms with van der Waals surface area (Å²) in [7, 11) is 0. The lowest BCUT2D eigenvalue weighted by atomic mass is 10.0. The summed E-state index contributed by atoms with van der Waals surface area (Å²) >= 11 is 12.2. The number of carbonyl (C=O) groups excluding carboxylic acids is 1. The van der Waals surface area contributed by atoms with Crippen LogP contribution in [0.4, 0.5) is 5.69 Å². The highest BCUT2D eigenvalue weighted by Gasteiger charge is 2.18. The van der Waals surface area contributed by atoms with E-state index in [1.807, 2.05) is 49.4 Å². The molecule has 5 aromatic rings. The second-order valence-corrected chi connectivity index (χ2v) is 8.65. The van der Waals surface area contributed by atoms with Crippen molar-refractivity contribution in [3.63, 3.8) is 0 Å². The molecule has 0 atom stereocenters. The van der Waals surface area contributed by atoms with Crippen molar-refractivity contribution in [2.75, 3.05) is 5.32 Å². The Balaban J connectivity index is 1.59. The van der Waals surface area contributed by atoms with Crippen molar-refractivity contribution in [1.82, 2.24) is 9.78 Å². The molecule has 0 aliphatic carbocycles. The predicted molar refractivity (Wildman–Crippen MR) is 136 cm³/mol. The van der Waals surface area contributed by atoms with E-state index in [9.17, 15) is 4.79 Å². The number of rotatable bonds is 4. The van der Waals surface area contributed by atoms with Crippen LogP contribution >= 0.6 is 23.2 Å². The molecule has 0 aliphatic rings. The fourth-order valence-corrected chi connectivity index (χ4v) is 4.16. The van der Waals surface area contributed by atoms with E-state index in [2.05, 4.69) is 34.7 Å². The maximum atomic E-state index is 13.1. The quantitative estimate of drug-likeness (QED) is 0.293. The average molecular weight is 472 g/mol. The monoisotopic (exact) mass is 471 g/mol. The van der Waals surface area contributed by atoms with Crippen molar-refractivity contribution >= 4 is 45.6 Å². The van der Waals surface area contributed by atoms with Crippen LogP contribution in [0.5, 0.6) is 0 Å². The summed E-state index contributed by atoms with van der Waals surface area (Å²) in [6, 6.07) is 29.2. The topological polar surface area (TPSA) is 46.9 Å². The van der Waals surface area contributed by atoms with Crippen LogP contribution in [0.15, 0.2) is 91.0 Å². The van der Waals surface area contributed by atoms with Crippen molar-refractivity contribution in [3.05, 3.63) is 112 Å². The molecule has 33 heavy (non-hydrogen) atoms. The lowest BCUT2D eigenvalue weighted by Crippen LogP contribution is -2.13. The van der Waals surface area contributed by atoms with Crippen molar-refractivity contribution in [3.8, 4) is 16.9 Å². The highest BCUT2D eigenvalue weighted by atomic mass is 35.5. The molecule has 1 heterocycles. The Labute approximate surface area is 201 Å².